The first kappa shape index (κ1) is 14.5. The van der Waals surface area contributed by atoms with Gasteiger partial charge in [-0.05, 0) is 37.1 Å². The molecule has 0 aliphatic rings. The Morgan fingerprint density at radius 3 is 2.50 bits per heavy atom. The zero-order chi connectivity index (χ0) is 14.5. The van der Waals surface area contributed by atoms with E-state index in [0.29, 0.717) is 0 Å². The number of aryl methyl sites for hydroxylation is 1. The average molecular weight is 273 g/mol. The normalized spacial score (nSPS) is 12.2. The quantitative estimate of drug-likeness (QED) is 0.889. The SMILES string of the molecule is COc1cc(C(C)NCc2ccc(C)cc2)ccc1F. The van der Waals surface area contributed by atoms with E-state index in [1.165, 1.54) is 24.3 Å². The zero-order valence-electron chi connectivity index (χ0n) is 12.1. The number of benzene rings is 2. The van der Waals surface area contributed by atoms with E-state index in [-0.39, 0.29) is 17.6 Å². The lowest BCUT2D eigenvalue weighted by Gasteiger charge is -2.15. The minimum Gasteiger partial charge on any atom is -0.494 e. The number of hydrogen-bond acceptors (Lipinski definition) is 2. The minimum atomic E-state index is -0.331. The summed E-state index contributed by atoms with van der Waals surface area (Å²) in [6.45, 7) is 4.91. The first-order valence-electron chi connectivity index (χ1n) is 6.72. The van der Waals surface area contributed by atoms with Gasteiger partial charge < -0.3 is 10.1 Å². The lowest BCUT2D eigenvalue weighted by Crippen LogP contribution is -2.18. The summed E-state index contributed by atoms with van der Waals surface area (Å²) in [5, 5.41) is 3.43. The standard InChI is InChI=1S/C17H20FNO/c1-12-4-6-14(7-5-12)11-19-13(2)15-8-9-16(18)17(10-15)20-3/h4-10,13,19H,11H2,1-3H3. The van der Waals surface area contributed by atoms with Crippen molar-refractivity contribution in [3.8, 4) is 5.75 Å². The van der Waals surface area contributed by atoms with E-state index in [1.54, 1.807) is 12.1 Å². The molecule has 0 aromatic heterocycles. The van der Waals surface area contributed by atoms with Crippen LogP contribution in [-0.4, -0.2) is 7.11 Å². The van der Waals surface area contributed by atoms with Gasteiger partial charge in [-0.3, -0.25) is 0 Å². The molecule has 1 N–H and O–H groups in total. The fourth-order valence-electron chi connectivity index (χ4n) is 2.04. The van der Waals surface area contributed by atoms with Crippen LogP contribution in [-0.2, 0) is 6.54 Å². The minimum absolute atomic E-state index is 0.130. The van der Waals surface area contributed by atoms with Gasteiger partial charge in [0, 0.05) is 12.6 Å². The molecule has 0 aliphatic carbocycles. The van der Waals surface area contributed by atoms with Crippen LogP contribution in [0.3, 0.4) is 0 Å². The van der Waals surface area contributed by atoms with E-state index in [0.717, 1.165) is 12.1 Å². The molecule has 0 saturated carbocycles. The molecule has 0 spiro atoms. The van der Waals surface area contributed by atoms with Gasteiger partial charge in [0.05, 0.1) is 7.11 Å². The van der Waals surface area contributed by atoms with Crippen LogP contribution in [0.4, 0.5) is 4.39 Å². The molecule has 2 rings (SSSR count). The zero-order valence-corrected chi connectivity index (χ0v) is 12.1. The van der Waals surface area contributed by atoms with Crippen molar-refractivity contribution < 1.29 is 9.13 Å². The maximum Gasteiger partial charge on any atom is 0.165 e. The summed E-state index contributed by atoms with van der Waals surface area (Å²) in [5.41, 5.74) is 3.50. The van der Waals surface area contributed by atoms with Gasteiger partial charge in [-0.1, -0.05) is 35.9 Å². The molecular formula is C17H20FNO. The van der Waals surface area contributed by atoms with Gasteiger partial charge in [0.1, 0.15) is 0 Å². The highest BCUT2D eigenvalue weighted by molar-refractivity contribution is 5.32. The third-order valence-corrected chi connectivity index (χ3v) is 3.41. The number of hydrogen-bond donors (Lipinski definition) is 1. The van der Waals surface area contributed by atoms with Crippen molar-refractivity contribution in [2.45, 2.75) is 26.4 Å². The number of ether oxygens (including phenoxy) is 1. The molecule has 2 aromatic rings. The number of halogens is 1. The summed E-state index contributed by atoms with van der Waals surface area (Å²) < 4.78 is 18.4. The van der Waals surface area contributed by atoms with Crippen molar-refractivity contribution in [1.82, 2.24) is 5.32 Å². The summed E-state index contributed by atoms with van der Waals surface area (Å²) >= 11 is 0. The second-order valence-electron chi connectivity index (χ2n) is 4.98. The molecule has 0 bridgehead atoms. The monoisotopic (exact) mass is 273 g/mol. The molecule has 20 heavy (non-hydrogen) atoms. The summed E-state index contributed by atoms with van der Waals surface area (Å²) in [6.07, 6.45) is 0. The predicted molar refractivity (Wildman–Crippen MR) is 79.4 cm³/mol. The van der Waals surface area contributed by atoms with Crippen LogP contribution in [0.25, 0.3) is 0 Å². The van der Waals surface area contributed by atoms with Gasteiger partial charge in [0.25, 0.3) is 0 Å². The van der Waals surface area contributed by atoms with Crippen LogP contribution in [0.5, 0.6) is 5.75 Å². The van der Waals surface area contributed by atoms with Crippen molar-refractivity contribution in [3.05, 3.63) is 65.0 Å². The second-order valence-corrected chi connectivity index (χ2v) is 4.98. The third-order valence-electron chi connectivity index (χ3n) is 3.41. The number of methoxy groups -OCH3 is 1. The van der Waals surface area contributed by atoms with Gasteiger partial charge in [-0.15, -0.1) is 0 Å². The van der Waals surface area contributed by atoms with Crippen LogP contribution in [0, 0.1) is 12.7 Å². The summed E-state index contributed by atoms with van der Waals surface area (Å²) in [5.74, 6) is -0.0477. The summed E-state index contributed by atoms with van der Waals surface area (Å²) in [6, 6.07) is 13.5. The van der Waals surface area contributed by atoms with Crippen molar-refractivity contribution >= 4 is 0 Å². The maximum absolute atomic E-state index is 13.4. The van der Waals surface area contributed by atoms with Gasteiger partial charge >= 0.3 is 0 Å². The van der Waals surface area contributed by atoms with Gasteiger partial charge in [-0.2, -0.15) is 0 Å². The molecule has 0 heterocycles. The average Bonchev–Trinajstić information content (AvgIpc) is 2.47. The Balaban J connectivity index is 2.01. The fourth-order valence-corrected chi connectivity index (χ4v) is 2.04. The van der Waals surface area contributed by atoms with Gasteiger partial charge in [0.15, 0.2) is 11.6 Å². The molecule has 106 valence electrons. The highest BCUT2D eigenvalue weighted by atomic mass is 19.1. The van der Waals surface area contributed by atoms with Gasteiger partial charge in [0.2, 0.25) is 0 Å². The van der Waals surface area contributed by atoms with Crippen LogP contribution in [0.1, 0.15) is 29.7 Å². The summed E-state index contributed by atoms with van der Waals surface area (Å²) in [7, 11) is 1.48. The number of nitrogens with one attached hydrogen (secondary N) is 1. The molecule has 2 aromatic carbocycles. The van der Waals surface area contributed by atoms with Crippen LogP contribution in [0.15, 0.2) is 42.5 Å². The van der Waals surface area contributed by atoms with Crippen LogP contribution >= 0.6 is 0 Å². The molecule has 0 fully saturated rings. The van der Waals surface area contributed by atoms with Crippen molar-refractivity contribution in [1.29, 1.82) is 0 Å². The van der Waals surface area contributed by atoms with Crippen molar-refractivity contribution in [2.24, 2.45) is 0 Å². The first-order valence-corrected chi connectivity index (χ1v) is 6.72. The molecular weight excluding hydrogens is 253 g/mol. The number of rotatable bonds is 5. The third kappa shape index (κ3) is 3.58. The van der Waals surface area contributed by atoms with E-state index in [1.807, 2.05) is 0 Å². The Labute approximate surface area is 119 Å². The fraction of sp³-hybridized carbons (Fsp3) is 0.294. The maximum atomic E-state index is 13.4. The molecule has 1 atom stereocenters. The molecule has 0 radical (unpaired) electrons. The highest BCUT2D eigenvalue weighted by Gasteiger charge is 2.09. The lowest BCUT2D eigenvalue weighted by atomic mass is 10.1. The van der Waals surface area contributed by atoms with Gasteiger partial charge in [-0.25, -0.2) is 4.39 Å². The predicted octanol–water partition coefficient (Wildman–Crippen LogP) is 3.99. The topological polar surface area (TPSA) is 21.3 Å². The van der Waals surface area contributed by atoms with E-state index in [9.17, 15) is 4.39 Å². The Morgan fingerprint density at radius 1 is 1.15 bits per heavy atom. The molecule has 3 heteroatoms. The van der Waals surface area contributed by atoms with E-state index in [4.69, 9.17) is 4.74 Å². The van der Waals surface area contributed by atoms with Crippen molar-refractivity contribution in [3.63, 3.8) is 0 Å². The smallest absolute Gasteiger partial charge is 0.165 e. The van der Waals surface area contributed by atoms with Crippen LogP contribution < -0.4 is 10.1 Å². The first-order chi connectivity index (χ1) is 9.60. The molecule has 1 unspecified atom stereocenters. The molecule has 0 amide bonds. The van der Waals surface area contributed by atoms with E-state index >= 15 is 0 Å². The Bertz CT molecular complexity index is 566. The lowest BCUT2D eigenvalue weighted by molar-refractivity contribution is 0.385. The van der Waals surface area contributed by atoms with E-state index < -0.39 is 0 Å². The van der Waals surface area contributed by atoms with Crippen molar-refractivity contribution in [2.75, 3.05) is 7.11 Å². The Kier molecular flexibility index (Phi) is 4.74. The summed E-state index contributed by atoms with van der Waals surface area (Å²) in [4.78, 5) is 0. The van der Waals surface area contributed by atoms with Crippen LogP contribution in [0.2, 0.25) is 0 Å². The molecule has 0 aliphatic heterocycles. The largest absolute Gasteiger partial charge is 0.494 e. The molecule has 0 saturated heterocycles. The Morgan fingerprint density at radius 2 is 1.85 bits per heavy atom. The second kappa shape index (κ2) is 6.53. The molecule has 2 nitrogen and oxygen atoms in total. The Hall–Kier alpha value is -1.87. The van der Waals surface area contributed by atoms with E-state index in [2.05, 4.69) is 43.4 Å². The highest BCUT2D eigenvalue weighted by Crippen LogP contribution is 2.22.